The van der Waals surface area contributed by atoms with Gasteiger partial charge in [-0.25, -0.2) is 0 Å². The van der Waals surface area contributed by atoms with E-state index in [1.165, 1.54) is 12.8 Å². The van der Waals surface area contributed by atoms with E-state index >= 15 is 0 Å². The molecule has 1 fully saturated rings. The van der Waals surface area contributed by atoms with Crippen molar-refractivity contribution >= 4 is 23.5 Å². The van der Waals surface area contributed by atoms with E-state index < -0.39 is 0 Å². The molecule has 5 nitrogen and oxygen atoms in total. The van der Waals surface area contributed by atoms with Crippen molar-refractivity contribution in [3.8, 4) is 5.75 Å². The van der Waals surface area contributed by atoms with Crippen molar-refractivity contribution in [2.75, 3.05) is 11.1 Å². The first-order valence-corrected chi connectivity index (χ1v) is 9.48. The molecule has 2 heterocycles. The molecule has 24 heavy (non-hydrogen) atoms. The van der Waals surface area contributed by atoms with E-state index in [0.717, 1.165) is 35.4 Å². The minimum Gasteiger partial charge on any atom is -0.490 e. The van der Waals surface area contributed by atoms with E-state index in [-0.39, 0.29) is 11.2 Å². The molecule has 1 saturated carbocycles. The Morgan fingerprint density at radius 2 is 2.12 bits per heavy atom. The molecule has 1 unspecified atom stereocenters. The largest absolute Gasteiger partial charge is 0.490 e. The molecule has 2 aliphatic rings. The van der Waals surface area contributed by atoms with Gasteiger partial charge in [0.25, 0.3) is 0 Å². The third-order valence-electron chi connectivity index (χ3n) is 4.66. The predicted octanol–water partition coefficient (Wildman–Crippen LogP) is 3.81. The van der Waals surface area contributed by atoms with Gasteiger partial charge in [-0.05, 0) is 50.3 Å². The van der Waals surface area contributed by atoms with Gasteiger partial charge < -0.3 is 10.1 Å². The maximum absolute atomic E-state index is 11.9. The number of anilines is 1. The number of aromatic amines is 1. The first kappa shape index (κ1) is 15.6. The van der Waals surface area contributed by atoms with Gasteiger partial charge in [0.15, 0.2) is 5.82 Å². The summed E-state index contributed by atoms with van der Waals surface area (Å²) < 4.78 is 6.14. The van der Waals surface area contributed by atoms with Crippen LogP contribution in [0.15, 0.2) is 24.3 Å². The second kappa shape index (κ2) is 6.51. The highest BCUT2D eigenvalue weighted by atomic mass is 32.2. The summed E-state index contributed by atoms with van der Waals surface area (Å²) in [5, 5.41) is 10.2. The van der Waals surface area contributed by atoms with Crippen LogP contribution in [0, 0.1) is 6.92 Å². The van der Waals surface area contributed by atoms with Crippen LogP contribution >= 0.6 is 11.8 Å². The number of aromatic nitrogens is 2. The Hall–Kier alpha value is -1.95. The third-order valence-corrected chi connectivity index (χ3v) is 5.93. The van der Waals surface area contributed by atoms with Crippen LogP contribution in [0.4, 0.5) is 5.82 Å². The molecule has 1 aliphatic heterocycles. The van der Waals surface area contributed by atoms with Crippen LogP contribution < -0.4 is 10.1 Å². The number of nitrogens with one attached hydrogen (secondary N) is 2. The number of nitrogens with zero attached hydrogens (tertiary/aromatic N) is 1. The summed E-state index contributed by atoms with van der Waals surface area (Å²) in [6.45, 7) is 2.00. The summed E-state index contributed by atoms with van der Waals surface area (Å²) in [7, 11) is 0. The van der Waals surface area contributed by atoms with E-state index in [9.17, 15) is 4.79 Å². The SMILES string of the molecule is Cc1[nH]nc2c1C(c1cccc(OC3CCCC3)c1)SCC(=O)N2. The molecule has 2 N–H and O–H groups in total. The number of thioether (sulfide) groups is 1. The van der Waals surface area contributed by atoms with Gasteiger partial charge in [-0.15, -0.1) is 11.8 Å². The van der Waals surface area contributed by atoms with Crippen LogP contribution in [0.3, 0.4) is 0 Å². The fraction of sp³-hybridized carbons (Fsp3) is 0.444. The van der Waals surface area contributed by atoms with Gasteiger partial charge in [-0.3, -0.25) is 9.89 Å². The van der Waals surface area contributed by atoms with Crippen molar-refractivity contribution < 1.29 is 9.53 Å². The Kier molecular flexibility index (Phi) is 4.22. The van der Waals surface area contributed by atoms with Crippen LogP contribution in [0.1, 0.15) is 47.8 Å². The minimum atomic E-state index is -0.00592. The standard InChI is InChI=1S/C18H21N3O2S/c1-11-16-17(24-10-15(22)19-18(16)21-20-11)12-5-4-8-14(9-12)23-13-6-2-3-7-13/h4-5,8-9,13,17H,2-3,6-7,10H2,1H3,(H2,19,20,21,22). The topological polar surface area (TPSA) is 67.0 Å². The first-order valence-electron chi connectivity index (χ1n) is 8.43. The van der Waals surface area contributed by atoms with E-state index in [2.05, 4.69) is 27.6 Å². The molecule has 6 heteroatoms. The molecule has 0 spiro atoms. The average molecular weight is 343 g/mol. The second-order valence-corrected chi connectivity index (χ2v) is 7.54. The Morgan fingerprint density at radius 3 is 2.96 bits per heavy atom. The van der Waals surface area contributed by atoms with Crippen molar-refractivity contribution in [3.63, 3.8) is 0 Å². The van der Waals surface area contributed by atoms with Crippen LogP contribution in [0.2, 0.25) is 0 Å². The summed E-state index contributed by atoms with van der Waals surface area (Å²) in [6.07, 6.45) is 5.15. The first-order chi connectivity index (χ1) is 11.7. The number of carbonyl (C=O) groups is 1. The Balaban J connectivity index is 1.65. The van der Waals surface area contributed by atoms with Crippen molar-refractivity contribution in [2.24, 2.45) is 0 Å². The maximum Gasteiger partial charge on any atom is 0.235 e. The Bertz CT molecular complexity index is 752. The number of amides is 1. The molecule has 1 amide bonds. The van der Waals surface area contributed by atoms with Crippen molar-refractivity contribution in [1.82, 2.24) is 10.2 Å². The zero-order valence-corrected chi connectivity index (χ0v) is 14.5. The van der Waals surface area contributed by atoms with Gasteiger partial charge in [0, 0.05) is 11.3 Å². The lowest BCUT2D eigenvalue weighted by atomic mass is 10.0. The number of hydrogen-bond donors (Lipinski definition) is 2. The normalized spacial score (nSPS) is 21.2. The van der Waals surface area contributed by atoms with Crippen LogP contribution in [-0.2, 0) is 4.79 Å². The number of aryl methyl sites for hydroxylation is 1. The number of H-pyrrole nitrogens is 1. The fourth-order valence-corrected chi connectivity index (χ4v) is 4.66. The van der Waals surface area contributed by atoms with Crippen molar-refractivity contribution in [1.29, 1.82) is 0 Å². The lowest BCUT2D eigenvalue weighted by Crippen LogP contribution is -2.12. The van der Waals surface area contributed by atoms with E-state index in [4.69, 9.17) is 4.74 Å². The quantitative estimate of drug-likeness (QED) is 0.889. The zero-order valence-electron chi connectivity index (χ0n) is 13.7. The van der Waals surface area contributed by atoms with Gasteiger partial charge in [0.2, 0.25) is 5.91 Å². The molecule has 1 atom stereocenters. The van der Waals surface area contributed by atoms with E-state index in [0.29, 0.717) is 17.7 Å². The molecular weight excluding hydrogens is 322 g/mol. The molecule has 126 valence electrons. The minimum absolute atomic E-state index is 0.00592. The number of ether oxygens (including phenoxy) is 1. The summed E-state index contributed by atoms with van der Waals surface area (Å²) in [5.41, 5.74) is 3.20. The van der Waals surface area contributed by atoms with Gasteiger partial charge in [0.1, 0.15) is 5.75 Å². The Labute approximate surface area is 145 Å². The Morgan fingerprint density at radius 1 is 1.29 bits per heavy atom. The van der Waals surface area contributed by atoms with Gasteiger partial charge in [-0.2, -0.15) is 5.10 Å². The molecule has 1 aliphatic carbocycles. The molecular formula is C18H21N3O2S. The highest BCUT2D eigenvalue weighted by Crippen LogP contribution is 2.43. The molecule has 0 saturated heterocycles. The lowest BCUT2D eigenvalue weighted by molar-refractivity contribution is -0.113. The van der Waals surface area contributed by atoms with Crippen LogP contribution in [0.25, 0.3) is 0 Å². The van der Waals surface area contributed by atoms with Crippen LogP contribution in [0.5, 0.6) is 5.75 Å². The summed E-state index contributed by atoms with van der Waals surface area (Å²) in [6, 6.07) is 8.28. The number of hydrogen-bond acceptors (Lipinski definition) is 4. The van der Waals surface area contributed by atoms with E-state index in [1.807, 2.05) is 19.1 Å². The third kappa shape index (κ3) is 3.02. The number of benzene rings is 1. The smallest absolute Gasteiger partial charge is 0.235 e. The fourth-order valence-electron chi connectivity index (χ4n) is 3.48. The number of fused-ring (bicyclic) bond motifs is 1. The van der Waals surface area contributed by atoms with Crippen LogP contribution in [-0.4, -0.2) is 28.0 Å². The lowest BCUT2D eigenvalue weighted by Gasteiger charge is -2.18. The summed E-state index contributed by atoms with van der Waals surface area (Å²) in [4.78, 5) is 11.9. The monoisotopic (exact) mass is 343 g/mol. The van der Waals surface area contributed by atoms with E-state index in [1.54, 1.807) is 11.8 Å². The number of carbonyl (C=O) groups excluding carboxylic acids is 1. The molecule has 0 radical (unpaired) electrons. The van der Waals surface area contributed by atoms with Crippen molar-refractivity contribution in [3.05, 3.63) is 41.1 Å². The van der Waals surface area contributed by atoms with Gasteiger partial charge in [0.05, 0.1) is 17.1 Å². The predicted molar refractivity (Wildman–Crippen MR) is 95.6 cm³/mol. The number of rotatable bonds is 3. The van der Waals surface area contributed by atoms with Gasteiger partial charge in [-0.1, -0.05) is 12.1 Å². The second-order valence-electron chi connectivity index (χ2n) is 6.45. The molecule has 2 aromatic rings. The highest BCUT2D eigenvalue weighted by molar-refractivity contribution is 8.00. The van der Waals surface area contributed by atoms with Crippen molar-refractivity contribution in [2.45, 2.75) is 44.0 Å². The molecule has 1 aromatic heterocycles. The molecule has 4 rings (SSSR count). The maximum atomic E-state index is 11.9. The summed E-state index contributed by atoms with van der Waals surface area (Å²) in [5.74, 6) is 1.99. The average Bonchev–Trinajstić information content (AvgIpc) is 3.16. The molecule has 0 bridgehead atoms. The molecule has 1 aromatic carbocycles. The summed E-state index contributed by atoms with van der Waals surface area (Å²) >= 11 is 1.63. The van der Waals surface area contributed by atoms with Gasteiger partial charge >= 0.3 is 0 Å². The zero-order chi connectivity index (χ0) is 16.5. The highest BCUT2D eigenvalue weighted by Gasteiger charge is 2.28.